The van der Waals surface area contributed by atoms with E-state index >= 15 is 0 Å². The van der Waals surface area contributed by atoms with Crippen LogP contribution in [0.2, 0.25) is 0 Å². The molecule has 2 N–H and O–H groups in total. The van der Waals surface area contributed by atoms with E-state index in [9.17, 15) is 0 Å². The van der Waals surface area contributed by atoms with Crippen molar-refractivity contribution >= 4 is 0 Å². The van der Waals surface area contributed by atoms with Crippen LogP contribution >= 0.6 is 0 Å². The van der Waals surface area contributed by atoms with Gasteiger partial charge in [0.15, 0.2) is 0 Å². The molecule has 0 unspecified atom stereocenters. The summed E-state index contributed by atoms with van der Waals surface area (Å²) in [4.78, 5) is 2.60. The van der Waals surface area contributed by atoms with Gasteiger partial charge in [-0.2, -0.15) is 0 Å². The van der Waals surface area contributed by atoms with Gasteiger partial charge in [-0.1, -0.05) is 26.7 Å². The van der Waals surface area contributed by atoms with Gasteiger partial charge in [-0.05, 0) is 50.9 Å². The molecule has 1 rings (SSSR count). The molecule has 1 saturated heterocycles. The Morgan fingerprint density at radius 3 is 2.36 bits per heavy atom. The van der Waals surface area contributed by atoms with E-state index < -0.39 is 0 Å². The van der Waals surface area contributed by atoms with Crippen molar-refractivity contribution in [2.45, 2.75) is 46.0 Å². The van der Waals surface area contributed by atoms with Gasteiger partial charge in [0.25, 0.3) is 0 Å². The van der Waals surface area contributed by atoms with Gasteiger partial charge in [0.05, 0.1) is 0 Å². The molecule has 1 heterocycles. The molecule has 2 heteroatoms. The minimum absolute atomic E-state index is 0.432. The molecule has 0 aliphatic carbocycles. The van der Waals surface area contributed by atoms with Crippen LogP contribution in [0.4, 0.5) is 0 Å². The number of nitrogens with two attached hydrogens (primary N) is 1. The first-order valence-electron chi connectivity index (χ1n) is 6.12. The topological polar surface area (TPSA) is 29.3 Å². The van der Waals surface area contributed by atoms with E-state index in [1.165, 1.54) is 51.7 Å². The number of rotatable bonds is 5. The number of piperidine rings is 1. The molecule has 0 aromatic carbocycles. The van der Waals surface area contributed by atoms with Crippen molar-refractivity contribution in [1.82, 2.24) is 4.90 Å². The predicted octanol–water partition coefficient (Wildman–Crippen LogP) is 2.24. The predicted molar refractivity (Wildman–Crippen MR) is 62.4 cm³/mol. The van der Waals surface area contributed by atoms with Gasteiger partial charge in [-0.3, -0.25) is 0 Å². The van der Waals surface area contributed by atoms with Gasteiger partial charge in [-0.15, -0.1) is 0 Å². The molecule has 0 atom stereocenters. The summed E-state index contributed by atoms with van der Waals surface area (Å²) in [5.74, 6) is 0. The van der Waals surface area contributed by atoms with Crippen molar-refractivity contribution in [2.24, 2.45) is 11.1 Å². The largest absolute Gasteiger partial charge is 0.330 e. The van der Waals surface area contributed by atoms with E-state index in [1.54, 1.807) is 0 Å². The smallest absolute Gasteiger partial charge is 0.00131 e. The Hall–Kier alpha value is -0.0800. The highest BCUT2D eigenvalue weighted by Gasteiger charge is 2.27. The second-order valence-corrected chi connectivity index (χ2v) is 5.06. The van der Waals surface area contributed by atoms with Crippen LogP contribution in [0.5, 0.6) is 0 Å². The van der Waals surface area contributed by atoms with E-state index in [0.717, 1.165) is 6.54 Å². The van der Waals surface area contributed by atoms with Crippen LogP contribution in [0.15, 0.2) is 0 Å². The van der Waals surface area contributed by atoms with Crippen molar-refractivity contribution < 1.29 is 0 Å². The van der Waals surface area contributed by atoms with E-state index in [4.69, 9.17) is 5.73 Å². The van der Waals surface area contributed by atoms with Crippen LogP contribution in [0.3, 0.4) is 0 Å². The lowest BCUT2D eigenvalue weighted by Crippen LogP contribution is -2.42. The third-order valence-electron chi connectivity index (χ3n) is 3.63. The number of nitrogens with zero attached hydrogens (tertiary/aromatic N) is 1. The van der Waals surface area contributed by atoms with Gasteiger partial charge in [-0.25, -0.2) is 0 Å². The number of hydrogen-bond acceptors (Lipinski definition) is 2. The Bertz CT molecular complexity index is 148. The fourth-order valence-corrected chi connectivity index (χ4v) is 2.11. The molecule has 14 heavy (non-hydrogen) atoms. The van der Waals surface area contributed by atoms with E-state index in [2.05, 4.69) is 18.7 Å². The molecule has 0 spiro atoms. The Kier molecular flexibility index (Phi) is 4.90. The molecule has 2 nitrogen and oxygen atoms in total. The van der Waals surface area contributed by atoms with Gasteiger partial charge in [0.1, 0.15) is 0 Å². The van der Waals surface area contributed by atoms with E-state index in [1.807, 2.05) is 0 Å². The van der Waals surface area contributed by atoms with E-state index in [0.29, 0.717) is 5.41 Å². The number of hydrogen-bond donors (Lipinski definition) is 1. The number of likely N-dealkylation sites (tertiary alicyclic amines) is 1. The number of unbranched alkanes of at least 4 members (excludes halogenated alkanes) is 2. The first-order valence-corrected chi connectivity index (χ1v) is 6.12. The van der Waals surface area contributed by atoms with Crippen molar-refractivity contribution in [3.8, 4) is 0 Å². The molecule has 0 bridgehead atoms. The fraction of sp³-hybridized carbons (Fsp3) is 1.00. The standard InChI is InChI=1S/C12H26N2/c1-3-4-5-8-14-9-6-12(2,11-13)7-10-14/h3-11,13H2,1-2H3. The van der Waals surface area contributed by atoms with Gasteiger partial charge < -0.3 is 10.6 Å². The Morgan fingerprint density at radius 1 is 1.21 bits per heavy atom. The first kappa shape index (κ1) is 12.0. The third-order valence-corrected chi connectivity index (χ3v) is 3.63. The SMILES string of the molecule is CCCCCN1CCC(C)(CN)CC1. The average Bonchev–Trinajstić information content (AvgIpc) is 2.22. The molecule has 1 fully saturated rings. The lowest BCUT2D eigenvalue weighted by atomic mass is 9.80. The molecule has 0 aromatic rings. The Labute approximate surface area is 88.8 Å². The summed E-state index contributed by atoms with van der Waals surface area (Å²) in [6, 6.07) is 0. The van der Waals surface area contributed by atoms with Gasteiger partial charge in [0, 0.05) is 0 Å². The quantitative estimate of drug-likeness (QED) is 0.686. The van der Waals surface area contributed by atoms with Crippen LogP contribution in [-0.4, -0.2) is 31.1 Å². The zero-order chi connectivity index (χ0) is 10.4. The molecular formula is C12H26N2. The lowest BCUT2D eigenvalue weighted by molar-refractivity contribution is 0.123. The maximum Gasteiger partial charge on any atom is -0.00131 e. The van der Waals surface area contributed by atoms with Crippen molar-refractivity contribution in [1.29, 1.82) is 0 Å². The molecule has 1 aliphatic heterocycles. The minimum Gasteiger partial charge on any atom is -0.330 e. The molecule has 0 amide bonds. The fourth-order valence-electron chi connectivity index (χ4n) is 2.11. The normalized spacial score (nSPS) is 22.5. The summed E-state index contributed by atoms with van der Waals surface area (Å²) in [6.07, 6.45) is 6.65. The first-order chi connectivity index (χ1) is 6.70. The Balaban J connectivity index is 2.15. The molecule has 84 valence electrons. The summed E-state index contributed by atoms with van der Waals surface area (Å²) >= 11 is 0. The van der Waals surface area contributed by atoms with Gasteiger partial charge >= 0.3 is 0 Å². The lowest BCUT2D eigenvalue weighted by Gasteiger charge is -2.38. The average molecular weight is 198 g/mol. The summed E-state index contributed by atoms with van der Waals surface area (Å²) in [7, 11) is 0. The highest BCUT2D eigenvalue weighted by Crippen LogP contribution is 2.29. The summed E-state index contributed by atoms with van der Waals surface area (Å²) < 4.78 is 0. The second-order valence-electron chi connectivity index (χ2n) is 5.06. The molecule has 0 saturated carbocycles. The van der Waals surface area contributed by atoms with Crippen LogP contribution in [0.25, 0.3) is 0 Å². The molecule has 0 radical (unpaired) electrons. The van der Waals surface area contributed by atoms with E-state index in [-0.39, 0.29) is 0 Å². The maximum atomic E-state index is 5.79. The molecule has 1 aliphatic rings. The monoisotopic (exact) mass is 198 g/mol. The van der Waals surface area contributed by atoms with Crippen LogP contribution in [0.1, 0.15) is 46.0 Å². The van der Waals surface area contributed by atoms with Crippen molar-refractivity contribution in [2.75, 3.05) is 26.2 Å². The zero-order valence-corrected chi connectivity index (χ0v) is 9.89. The van der Waals surface area contributed by atoms with Crippen molar-refractivity contribution in [3.05, 3.63) is 0 Å². The minimum atomic E-state index is 0.432. The van der Waals surface area contributed by atoms with Crippen LogP contribution in [-0.2, 0) is 0 Å². The highest BCUT2D eigenvalue weighted by atomic mass is 15.1. The van der Waals surface area contributed by atoms with Crippen LogP contribution in [0, 0.1) is 5.41 Å². The maximum absolute atomic E-state index is 5.79. The summed E-state index contributed by atoms with van der Waals surface area (Å²) in [5, 5.41) is 0. The summed E-state index contributed by atoms with van der Waals surface area (Å²) in [6.45, 7) is 9.27. The zero-order valence-electron chi connectivity index (χ0n) is 9.89. The van der Waals surface area contributed by atoms with Crippen LogP contribution < -0.4 is 5.73 Å². The highest BCUT2D eigenvalue weighted by molar-refractivity contribution is 4.82. The third kappa shape index (κ3) is 3.58. The second kappa shape index (κ2) is 5.72. The Morgan fingerprint density at radius 2 is 1.86 bits per heavy atom. The molecular weight excluding hydrogens is 172 g/mol. The molecule has 0 aromatic heterocycles. The summed E-state index contributed by atoms with van der Waals surface area (Å²) in [5.41, 5.74) is 6.22. The van der Waals surface area contributed by atoms with Gasteiger partial charge in [0.2, 0.25) is 0 Å². The van der Waals surface area contributed by atoms with Crippen molar-refractivity contribution in [3.63, 3.8) is 0 Å².